The minimum absolute atomic E-state index is 0.0113. The summed E-state index contributed by atoms with van der Waals surface area (Å²) in [6.45, 7) is 3.14. The van der Waals surface area contributed by atoms with Gasteiger partial charge in [0.25, 0.3) is 0 Å². The summed E-state index contributed by atoms with van der Waals surface area (Å²) >= 11 is 12.2. The number of carbonyl (C=O) groups excluding carboxylic acids is 1. The quantitative estimate of drug-likeness (QED) is 0.430. The van der Waals surface area contributed by atoms with Crippen LogP contribution in [0.3, 0.4) is 0 Å². The minimum atomic E-state index is -0.647. The molecule has 5 rings (SSSR count). The van der Waals surface area contributed by atoms with Gasteiger partial charge in [-0.1, -0.05) is 42.1 Å². The average molecular weight is 530 g/mol. The fourth-order valence-corrected chi connectivity index (χ4v) is 5.99. The Bertz CT molecular complexity index is 1370. The second kappa shape index (κ2) is 10.1. The predicted octanol–water partition coefficient (Wildman–Crippen LogP) is 5.68. The van der Waals surface area contributed by atoms with Crippen LogP contribution in [0.4, 0.5) is 0 Å². The maximum Gasteiger partial charge on any atom is 0.340 e. The second-order valence-electron chi connectivity index (χ2n) is 9.99. The number of nitrogens with zero attached hydrogens (tertiary/aromatic N) is 1. The van der Waals surface area contributed by atoms with Crippen LogP contribution < -0.4 is 10.4 Å². The highest BCUT2D eigenvalue weighted by atomic mass is 35.5. The maximum absolute atomic E-state index is 13.1. The number of halogens is 2. The van der Waals surface area contributed by atoms with Crippen molar-refractivity contribution in [1.82, 2.24) is 4.90 Å². The second-order valence-corrected chi connectivity index (χ2v) is 10.8. The van der Waals surface area contributed by atoms with Crippen molar-refractivity contribution in [2.75, 3.05) is 13.1 Å². The standard InChI is InChI=1S/C28H29Cl2NO5/c1-17-22-8-7-21(35-16-18-5-6-20(29)12-24(18)30)13-25(22)36-27(33)23(17)14-26(32)31-11-10-28(34)9-3-2-4-19(28)15-31/h5-8,12-13,19,34H,2-4,9-11,14-16H2,1H3/t19-,28-/m1/s1. The van der Waals surface area contributed by atoms with E-state index in [0.717, 1.165) is 42.2 Å². The van der Waals surface area contributed by atoms with E-state index in [0.29, 0.717) is 46.5 Å². The fourth-order valence-electron chi connectivity index (χ4n) is 5.53. The molecule has 1 N–H and O–H groups in total. The summed E-state index contributed by atoms with van der Waals surface area (Å²) in [7, 11) is 0. The number of aliphatic hydroxyl groups is 1. The smallest absolute Gasteiger partial charge is 0.340 e. The molecule has 2 aromatic carbocycles. The van der Waals surface area contributed by atoms with Crippen molar-refractivity contribution in [2.45, 2.75) is 57.7 Å². The highest BCUT2D eigenvalue weighted by Gasteiger charge is 2.43. The van der Waals surface area contributed by atoms with Gasteiger partial charge in [-0.2, -0.15) is 0 Å². The van der Waals surface area contributed by atoms with Gasteiger partial charge in [-0.15, -0.1) is 0 Å². The van der Waals surface area contributed by atoms with E-state index in [4.69, 9.17) is 32.4 Å². The first kappa shape index (κ1) is 25.1. The van der Waals surface area contributed by atoms with Crippen LogP contribution in [0.5, 0.6) is 5.75 Å². The number of fused-ring (bicyclic) bond motifs is 2. The van der Waals surface area contributed by atoms with Gasteiger partial charge >= 0.3 is 5.63 Å². The van der Waals surface area contributed by atoms with Crippen LogP contribution in [0.15, 0.2) is 45.6 Å². The summed E-state index contributed by atoms with van der Waals surface area (Å²) in [5.74, 6) is 0.546. The summed E-state index contributed by atoms with van der Waals surface area (Å²) in [5, 5.41) is 12.7. The first-order chi connectivity index (χ1) is 17.2. The molecule has 0 bridgehead atoms. The van der Waals surface area contributed by atoms with Gasteiger partial charge in [-0.3, -0.25) is 4.79 Å². The fraction of sp³-hybridized carbons (Fsp3) is 0.429. The number of ether oxygens (including phenoxy) is 1. The number of carbonyl (C=O) groups is 1. The lowest BCUT2D eigenvalue weighted by atomic mass is 9.71. The number of amides is 1. The molecule has 2 atom stereocenters. The van der Waals surface area contributed by atoms with Gasteiger partial charge < -0.3 is 19.2 Å². The molecule has 0 spiro atoms. The van der Waals surface area contributed by atoms with Crippen LogP contribution in [0, 0.1) is 12.8 Å². The van der Waals surface area contributed by atoms with Gasteiger partial charge in [0, 0.05) is 46.1 Å². The van der Waals surface area contributed by atoms with Gasteiger partial charge in [0.2, 0.25) is 5.91 Å². The lowest BCUT2D eigenvalue weighted by Gasteiger charge is -2.47. The normalized spacial score (nSPS) is 21.9. The molecule has 1 aromatic heterocycles. The summed E-state index contributed by atoms with van der Waals surface area (Å²) in [4.78, 5) is 27.8. The minimum Gasteiger partial charge on any atom is -0.489 e. The van der Waals surface area contributed by atoms with Crippen LogP contribution in [0.25, 0.3) is 11.0 Å². The average Bonchev–Trinajstić information content (AvgIpc) is 2.85. The number of likely N-dealkylation sites (tertiary alicyclic amines) is 1. The summed E-state index contributed by atoms with van der Waals surface area (Å²) < 4.78 is 11.5. The Hall–Kier alpha value is -2.54. The molecule has 2 fully saturated rings. The third-order valence-corrected chi connectivity index (χ3v) is 8.36. The van der Waals surface area contributed by atoms with Crippen LogP contribution >= 0.6 is 23.2 Å². The molecule has 6 nitrogen and oxygen atoms in total. The van der Waals surface area contributed by atoms with Crippen LogP contribution in [-0.4, -0.2) is 34.6 Å². The van der Waals surface area contributed by atoms with Gasteiger partial charge in [0.15, 0.2) is 0 Å². The van der Waals surface area contributed by atoms with Crippen molar-refractivity contribution >= 4 is 40.1 Å². The molecule has 0 radical (unpaired) electrons. The van der Waals surface area contributed by atoms with Crippen LogP contribution in [-0.2, 0) is 17.8 Å². The first-order valence-electron chi connectivity index (χ1n) is 12.4. The Morgan fingerprint density at radius 3 is 2.83 bits per heavy atom. The summed E-state index contributed by atoms with van der Waals surface area (Å²) in [5.41, 5.74) is 1.13. The van der Waals surface area contributed by atoms with E-state index < -0.39 is 11.2 Å². The molecular formula is C28H29Cl2NO5. The summed E-state index contributed by atoms with van der Waals surface area (Å²) in [6, 6.07) is 10.5. The molecule has 1 saturated carbocycles. The topological polar surface area (TPSA) is 80.0 Å². The highest BCUT2D eigenvalue weighted by molar-refractivity contribution is 6.35. The number of hydrogen-bond donors (Lipinski definition) is 1. The Balaban J connectivity index is 1.31. The molecule has 1 aliphatic carbocycles. The molecule has 1 aliphatic heterocycles. The monoisotopic (exact) mass is 529 g/mol. The summed E-state index contributed by atoms with van der Waals surface area (Å²) in [6.07, 6.45) is 4.46. The van der Waals surface area contributed by atoms with E-state index in [-0.39, 0.29) is 24.9 Å². The lowest BCUT2D eigenvalue weighted by Crippen LogP contribution is -2.55. The number of aryl methyl sites for hydroxylation is 1. The zero-order valence-electron chi connectivity index (χ0n) is 20.2. The zero-order valence-corrected chi connectivity index (χ0v) is 21.7. The number of piperidine rings is 1. The predicted molar refractivity (Wildman–Crippen MR) is 140 cm³/mol. The van der Waals surface area contributed by atoms with Crippen LogP contribution in [0.2, 0.25) is 10.0 Å². The Kier molecular flexibility index (Phi) is 7.03. The van der Waals surface area contributed by atoms with Gasteiger partial charge in [-0.05, 0) is 56.0 Å². The molecule has 2 heterocycles. The Morgan fingerprint density at radius 1 is 1.19 bits per heavy atom. The maximum atomic E-state index is 13.1. The molecule has 36 heavy (non-hydrogen) atoms. The van der Waals surface area contributed by atoms with Gasteiger partial charge in [0.1, 0.15) is 17.9 Å². The molecule has 0 unspecified atom stereocenters. The third kappa shape index (κ3) is 4.99. The largest absolute Gasteiger partial charge is 0.489 e. The van der Waals surface area contributed by atoms with Gasteiger partial charge in [0.05, 0.1) is 17.6 Å². The Morgan fingerprint density at radius 2 is 2.03 bits per heavy atom. The molecular weight excluding hydrogens is 501 g/mol. The molecule has 1 saturated heterocycles. The Labute approximate surface area is 219 Å². The van der Waals surface area contributed by atoms with Crippen molar-refractivity contribution in [2.24, 2.45) is 5.92 Å². The SMILES string of the molecule is Cc1c(CC(=O)N2CC[C@]3(O)CCCC[C@@H]3C2)c(=O)oc2cc(OCc3ccc(Cl)cc3Cl)ccc12. The molecule has 1 amide bonds. The van der Waals surface area contributed by atoms with E-state index >= 15 is 0 Å². The van der Waals surface area contributed by atoms with Crippen molar-refractivity contribution < 1.29 is 19.1 Å². The number of rotatable bonds is 5. The van der Waals surface area contributed by atoms with Gasteiger partial charge in [-0.25, -0.2) is 4.79 Å². The molecule has 3 aromatic rings. The third-order valence-electron chi connectivity index (χ3n) is 7.78. The first-order valence-corrected chi connectivity index (χ1v) is 13.1. The van der Waals surface area contributed by atoms with E-state index in [9.17, 15) is 14.7 Å². The van der Waals surface area contributed by atoms with E-state index in [1.54, 1.807) is 35.2 Å². The number of benzene rings is 2. The van der Waals surface area contributed by atoms with Crippen molar-refractivity contribution in [3.05, 3.63) is 73.6 Å². The van der Waals surface area contributed by atoms with Crippen LogP contribution in [0.1, 0.15) is 48.8 Å². The van der Waals surface area contributed by atoms with E-state index in [2.05, 4.69) is 0 Å². The number of hydrogen-bond acceptors (Lipinski definition) is 5. The zero-order chi connectivity index (χ0) is 25.4. The van der Waals surface area contributed by atoms with Crippen molar-refractivity contribution in [3.8, 4) is 5.75 Å². The van der Waals surface area contributed by atoms with Crippen molar-refractivity contribution in [1.29, 1.82) is 0 Å². The van der Waals surface area contributed by atoms with E-state index in [1.807, 2.05) is 13.0 Å². The lowest BCUT2D eigenvalue weighted by molar-refractivity contribution is -0.142. The van der Waals surface area contributed by atoms with E-state index in [1.165, 1.54) is 0 Å². The molecule has 2 aliphatic rings. The highest BCUT2D eigenvalue weighted by Crippen LogP contribution is 2.40. The molecule has 190 valence electrons. The molecule has 8 heteroatoms. The van der Waals surface area contributed by atoms with Crippen molar-refractivity contribution in [3.63, 3.8) is 0 Å².